The van der Waals surface area contributed by atoms with Crippen LogP contribution < -0.4 is 0 Å². The molecule has 2 aromatic rings. The van der Waals surface area contributed by atoms with Gasteiger partial charge in [0.05, 0.1) is 9.72 Å². The first kappa shape index (κ1) is 7.83. The van der Waals surface area contributed by atoms with Gasteiger partial charge in [-0.15, -0.1) is 11.3 Å². The third-order valence-corrected chi connectivity index (χ3v) is 2.90. The average molecular weight is 203 g/mol. The van der Waals surface area contributed by atoms with Gasteiger partial charge in [0.1, 0.15) is 5.82 Å². The van der Waals surface area contributed by atoms with Gasteiger partial charge < -0.3 is 5.11 Å². The van der Waals surface area contributed by atoms with Crippen LogP contribution in [0.1, 0.15) is 0 Å². The van der Waals surface area contributed by atoms with Crippen molar-refractivity contribution in [2.75, 3.05) is 0 Å². The smallest absolute Gasteiger partial charge is 0.152 e. The number of hydrogen-bond acceptors (Lipinski definition) is 2. The van der Waals surface area contributed by atoms with Gasteiger partial charge in [0.25, 0.3) is 0 Å². The molecule has 0 aliphatic rings. The first-order valence-corrected chi connectivity index (χ1v) is 4.50. The number of phenols is 1. The van der Waals surface area contributed by atoms with Crippen LogP contribution in [0, 0.1) is 5.82 Å². The maximum Gasteiger partial charge on any atom is 0.152 e. The van der Waals surface area contributed by atoms with E-state index in [1.807, 2.05) is 0 Å². The lowest BCUT2D eigenvalue weighted by Gasteiger charge is -1.96. The Labute approximate surface area is 77.0 Å². The van der Waals surface area contributed by atoms with Gasteiger partial charge in [-0.1, -0.05) is 11.6 Å². The minimum absolute atomic E-state index is 0.0388. The van der Waals surface area contributed by atoms with Crippen LogP contribution in [-0.2, 0) is 0 Å². The van der Waals surface area contributed by atoms with Crippen molar-refractivity contribution in [3.8, 4) is 5.75 Å². The number of thiophene rings is 1. The molecule has 0 aliphatic heterocycles. The Balaban J connectivity index is 2.93. The number of halogens is 2. The summed E-state index contributed by atoms with van der Waals surface area (Å²) in [6.07, 6.45) is 0. The molecule has 4 heteroatoms. The largest absolute Gasteiger partial charge is 0.505 e. The van der Waals surface area contributed by atoms with E-state index in [1.54, 1.807) is 6.07 Å². The summed E-state index contributed by atoms with van der Waals surface area (Å²) in [6.45, 7) is 0. The quantitative estimate of drug-likeness (QED) is 0.694. The van der Waals surface area contributed by atoms with E-state index >= 15 is 0 Å². The molecule has 1 aromatic heterocycles. The maximum absolute atomic E-state index is 12.9. The summed E-state index contributed by atoms with van der Waals surface area (Å²) in [7, 11) is 0. The summed E-state index contributed by atoms with van der Waals surface area (Å²) in [6, 6.07) is 3.04. The molecule has 2 rings (SSSR count). The van der Waals surface area contributed by atoms with Crippen molar-refractivity contribution in [1.82, 2.24) is 0 Å². The SMILES string of the molecule is Oc1c(Cl)ccc2c(F)csc12. The lowest BCUT2D eigenvalue weighted by atomic mass is 10.2. The Morgan fingerprint density at radius 3 is 2.92 bits per heavy atom. The van der Waals surface area contributed by atoms with Crippen LogP contribution in [-0.4, -0.2) is 5.11 Å². The number of fused-ring (bicyclic) bond motifs is 1. The minimum atomic E-state index is -0.318. The predicted molar refractivity (Wildman–Crippen MR) is 48.5 cm³/mol. The van der Waals surface area contributed by atoms with E-state index in [1.165, 1.54) is 11.4 Å². The van der Waals surface area contributed by atoms with Crippen LogP contribution in [0.2, 0.25) is 5.02 Å². The molecule has 0 spiro atoms. The molecule has 0 amide bonds. The Bertz CT molecular complexity index is 438. The van der Waals surface area contributed by atoms with Gasteiger partial charge in [0.15, 0.2) is 5.75 Å². The van der Waals surface area contributed by atoms with Gasteiger partial charge >= 0.3 is 0 Å². The first-order chi connectivity index (χ1) is 5.70. The third kappa shape index (κ3) is 0.974. The molecule has 0 atom stereocenters. The standard InChI is InChI=1S/C8H4ClFOS/c9-5-2-1-4-6(10)3-12-8(4)7(5)11/h1-3,11H. The zero-order valence-electron chi connectivity index (χ0n) is 5.84. The van der Waals surface area contributed by atoms with Crippen LogP contribution in [0.15, 0.2) is 17.5 Å². The van der Waals surface area contributed by atoms with Crippen molar-refractivity contribution in [2.45, 2.75) is 0 Å². The molecule has 1 heterocycles. The van der Waals surface area contributed by atoms with Crippen molar-refractivity contribution in [2.24, 2.45) is 0 Å². The Kier molecular flexibility index (Phi) is 1.70. The molecule has 0 bridgehead atoms. The summed E-state index contributed by atoms with van der Waals surface area (Å²) < 4.78 is 13.4. The topological polar surface area (TPSA) is 20.2 Å². The molecular formula is C8H4ClFOS. The van der Waals surface area contributed by atoms with Gasteiger partial charge in [-0.05, 0) is 12.1 Å². The molecule has 0 aliphatic carbocycles. The van der Waals surface area contributed by atoms with Gasteiger partial charge in [-0.3, -0.25) is 0 Å². The molecular weight excluding hydrogens is 199 g/mol. The predicted octanol–water partition coefficient (Wildman–Crippen LogP) is 3.40. The lowest BCUT2D eigenvalue weighted by molar-refractivity contribution is 0.482. The van der Waals surface area contributed by atoms with Gasteiger partial charge in [-0.25, -0.2) is 4.39 Å². The third-order valence-electron chi connectivity index (χ3n) is 1.62. The fourth-order valence-electron chi connectivity index (χ4n) is 1.03. The molecule has 0 saturated heterocycles. The van der Waals surface area contributed by atoms with Crippen LogP contribution >= 0.6 is 22.9 Å². The van der Waals surface area contributed by atoms with Crippen LogP contribution in [0.25, 0.3) is 10.1 Å². The minimum Gasteiger partial charge on any atom is -0.505 e. The number of phenolic OH excluding ortho intramolecular Hbond substituents is 1. The van der Waals surface area contributed by atoms with Gasteiger partial charge in [0.2, 0.25) is 0 Å². The van der Waals surface area contributed by atoms with Crippen molar-refractivity contribution < 1.29 is 9.50 Å². The molecule has 1 N–H and O–H groups in total. The molecule has 1 aromatic carbocycles. The zero-order chi connectivity index (χ0) is 8.72. The Morgan fingerprint density at radius 1 is 1.42 bits per heavy atom. The molecule has 0 fully saturated rings. The van der Waals surface area contributed by atoms with Crippen molar-refractivity contribution >= 4 is 33.0 Å². The average Bonchev–Trinajstić information content (AvgIpc) is 2.41. The summed E-state index contributed by atoms with van der Waals surface area (Å²) >= 11 is 6.78. The second-order valence-electron chi connectivity index (χ2n) is 2.36. The monoisotopic (exact) mass is 202 g/mol. The highest BCUT2D eigenvalue weighted by Gasteiger charge is 2.09. The molecule has 62 valence electrons. The first-order valence-electron chi connectivity index (χ1n) is 3.24. The number of benzene rings is 1. The molecule has 12 heavy (non-hydrogen) atoms. The zero-order valence-corrected chi connectivity index (χ0v) is 7.42. The van der Waals surface area contributed by atoms with Crippen LogP contribution in [0.4, 0.5) is 4.39 Å². The fraction of sp³-hybridized carbons (Fsp3) is 0. The van der Waals surface area contributed by atoms with E-state index in [0.717, 1.165) is 11.3 Å². The van der Waals surface area contributed by atoms with Crippen molar-refractivity contribution in [1.29, 1.82) is 0 Å². The fourth-order valence-corrected chi connectivity index (χ4v) is 2.10. The second-order valence-corrected chi connectivity index (χ2v) is 3.64. The summed E-state index contributed by atoms with van der Waals surface area (Å²) in [5, 5.41) is 11.4. The van der Waals surface area contributed by atoms with E-state index in [4.69, 9.17) is 11.6 Å². The second kappa shape index (κ2) is 2.61. The normalized spacial score (nSPS) is 10.8. The lowest BCUT2D eigenvalue weighted by Crippen LogP contribution is -1.71. The van der Waals surface area contributed by atoms with Crippen molar-refractivity contribution in [3.63, 3.8) is 0 Å². The number of aromatic hydroxyl groups is 1. The van der Waals surface area contributed by atoms with E-state index in [9.17, 15) is 9.50 Å². The summed E-state index contributed by atoms with van der Waals surface area (Å²) in [5.41, 5.74) is 0. The Hall–Kier alpha value is -0.800. The molecule has 0 radical (unpaired) electrons. The Morgan fingerprint density at radius 2 is 2.17 bits per heavy atom. The van der Waals surface area contributed by atoms with Gasteiger partial charge in [-0.2, -0.15) is 0 Å². The molecule has 0 saturated carbocycles. The summed E-state index contributed by atoms with van der Waals surface area (Å²) in [5.74, 6) is -0.356. The van der Waals surface area contributed by atoms with E-state index in [-0.39, 0.29) is 16.6 Å². The highest BCUT2D eigenvalue weighted by molar-refractivity contribution is 7.17. The van der Waals surface area contributed by atoms with Crippen LogP contribution in [0.5, 0.6) is 5.75 Å². The van der Waals surface area contributed by atoms with Crippen molar-refractivity contribution in [3.05, 3.63) is 28.4 Å². The molecule has 0 unspecified atom stereocenters. The van der Waals surface area contributed by atoms with Crippen LogP contribution in [0.3, 0.4) is 0 Å². The van der Waals surface area contributed by atoms with E-state index in [0.29, 0.717) is 10.1 Å². The van der Waals surface area contributed by atoms with E-state index < -0.39 is 0 Å². The van der Waals surface area contributed by atoms with E-state index in [2.05, 4.69) is 0 Å². The molecule has 1 nitrogen and oxygen atoms in total. The number of hydrogen-bond donors (Lipinski definition) is 1. The maximum atomic E-state index is 12.9. The highest BCUT2D eigenvalue weighted by atomic mass is 35.5. The highest BCUT2D eigenvalue weighted by Crippen LogP contribution is 2.37. The summed E-state index contributed by atoms with van der Waals surface area (Å²) in [4.78, 5) is 0. The number of rotatable bonds is 0. The van der Waals surface area contributed by atoms with Gasteiger partial charge in [0, 0.05) is 10.8 Å².